The van der Waals surface area contributed by atoms with Gasteiger partial charge < -0.3 is 0 Å². The minimum Gasteiger partial charge on any atom is -0.207 e. The van der Waals surface area contributed by atoms with E-state index in [1.807, 2.05) is 18.2 Å². The molecule has 0 aliphatic heterocycles. The van der Waals surface area contributed by atoms with Crippen LogP contribution in [0, 0.1) is 5.82 Å². The third-order valence-electron chi connectivity index (χ3n) is 4.70. The monoisotopic (exact) mass is 331 g/mol. The molecule has 2 aromatic rings. The normalized spacial score (nSPS) is 20.7. The van der Waals surface area contributed by atoms with Crippen LogP contribution >= 0.6 is 0 Å². The van der Waals surface area contributed by atoms with E-state index in [1.165, 1.54) is 29.8 Å². The van der Waals surface area contributed by atoms with Gasteiger partial charge in [0.1, 0.15) is 5.82 Å². The molecule has 1 unspecified atom stereocenters. The number of nitrogens with zero attached hydrogens (tertiary/aromatic N) is 1. The lowest BCUT2D eigenvalue weighted by molar-refractivity contribution is 0.314. The topological polar surface area (TPSA) is 37.4 Å². The lowest BCUT2D eigenvalue weighted by atomic mass is 10.1. The number of benzene rings is 2. The minimum absolute atomic E-state index is 0.0706. The van der Waals surface area contributed by atoms with E-state index < -0.39 is 15.8 Å². The highest BCUT2D eigenvalue weighted by Gasteiger charge is 2.44. The first-order valence-corrected chi connectivity index (χ1v) is 9.38. The number of hydrogen-bond acceptors (Lipinski definition) is 2. The highest BCUT2D eigenvalue weighted by molar-refractivity contribution is 7.89. The first-order valence-electron chi connectivity index (χ1n) is 7.94. The van der Waals surface area contributed by atoms with Crippen molar-refractivity contribution in [3.8, 4) is 0 Å². The molecule has 3 nitrogen and oxygen atoms in total. The van der Waals surface area contributed by atoms with Crippen molar-refractivity contribution in [3.05, 3.63) is 65.5 Å². The maximum Gasteiger partial charge on any atom is 0.243 e. The molecule has 1 saturated carbocycles. The second-order valence-corrected chi connectivity index (χ2v) is 8.12. The summed E-state index contributed by atoms with van der Waals surface area (Å²) in [5, 5.41) is 0. The highest BCUT2D eigenvalue weighted by Crippen LogP contribution is 2.44. The van der Waals surface area contributed by atoms with Crippen molar-refractivity contribution in [1.29, 1.82) is 0 Å². The van der Waals surface area contributed by atoms with Gasteiger partial charge in [-0.1, -0.05) is 24.3 Å². The van der Waals surface area contributed by atoms with Crippen molar-refractivity contribution in [2.45, 2.75) is 42.7 Å². The molecule has 0 radical (unpaired) electrons. The molecule has 2 aliphatic rings. The van der Waals surface area contributed by atoms with Crippen molar-refractivity contribution in [2.75, 3.05) is 0 Å². The quantitative estimate of drug-likeness (QED) is 0.857. The Morgan fingerprint density at radius 3 is 2.35 bits per heavy atom. The van der Waals surface area contributed by atoms with Gasteiger partial charge in [-0.25, -0.2) is 12.8 Å². The number of rotatable bonds is 4. The first kappa shape index (κ1) is 14.8. The van der Waals surface area contributed by atoms with Gasteiger partial charge in [0.05, 0.1) is 10.9 Å². The molecule has 1 atom stereocenters. The fourth-order valence-electron chi connectivity index (χ4n) is 3.47. The number of aryl methyl sites for hydroxylation is 1. The van der Waals surface area contributed by atoms with E-state index in [0.717, 1.165) is 31.2 Å². The van der Waals surface area contributed by atoms with Crippen LogP contribution < -0.4 is 0 Å². The molecule has 23 heavy (non-hydrogen) atoms. The van der Waals surface area contributed by atoms with Crippen LogP contribution in [0.15, 0.2) is 53.4 Å². The van der Waals surface area contributed by atoms with Crippen LogP contribution in [0.1, 0.15) is 36.4 Å². The second-order valence-electron chi connectivity index (χ2n) is 6.27. The largest absolute Gasteiger partial charge is 0.243 e. The molecule has 0 amide bonds. The first-order chi connectivity index (χ1) is 11.1. The van der Waals surface area contributed by atoms with Gasteiger partial charge in [-0.05, 0) is 61.1 Å². The Hall–Kier alpha value is -1.72. The van der Waals surface area contributed by atoms with E-state index in [9.17, 15) is 12.8 Å². The molecular formula is C18H18FNO2S. The molecule has 0 spiro atoms. The molecule has 0 aromatic heterocycles. The third-order valence-corrected chi connectivity index (χ3v) is 6.68. The molecule has 0 heterocycles. The Balaban J connectivity index is 1.76. The summed E-state index contributed by atoms with van der Waals surface area (Å²) < 4.78 is 41.1. The van der Waals surface area contributed by atoms with Gasteiger partial charge in [0.2, 0.25) is 10.0 Å². The standard InChI is InChI=1S/C18H18FNO2S/c19-14-6-10-16(11-7-14)23(21,22)20(15-8-9-15)18-12-5-13-3-1-2-4-17(13)18/h1-4,6-7,10-11,15,18H,5,8-9,12H2. The van der Waals surface area contributed by atoms with Crippen LogP contribution in [0.4, 0.5) is 4.39 Å². The molecule has 4 rings (SSSR count). The van der Waals surface area contributed by atoms with E-state index in [-0.39, 0.29) is 17.0 Å². The molecular weight excluding hydrogens is 313 g/mol. The van der Waals surface area contributed by atoms with Gasteiger partial charge in [0.25, 0.3) is 0 Å². The summed E-state index contributed by atoms with van der Waals surface area (Å²) in [5.41, 5.74) is 2.35. The smallest absolute Gasteiger partial charge is 0.207 e. The second kappa shape index (κ2) is 5.42. The van der Waals surface area contributed by atoms with Gasteiger partial charge in [0, 0.05) is 6.04 Å². The highest BCUT2D eigenvalue weighted by atomic mass is 32.2. The maximum absolute atomic E-state index is 13.1. The van der Waals surface area contributed by atoms with Gasteiger partial charge >= 0.3 is 0 Å². The molecule has 5 heteroatoms. The molecule has 120 valence electrons. The van der Waals surface area contributed by atoms with Crippen molar-refractivity contribution in [3.63, 3.8) is 0 Å². The Morgan fingerprint density at radius 1 is 0.957 bits per heavy atom. The summed E-state index contributed by atoms with van der Waals surface area (Å²) in [4.78, 5) is 0.176. The van der Waals surface area contributed by atoms with Crippen LogP contribution in [0.2, 0.25) is 0 Å². The predicted octanol–water partition coefficient (Wildman–Crippen LogP) is 3.67. The van der Waals surface area contributed by atoms with Crippen LogP contribution in [0.3, 0.4) is 0 Å². The molecule has 1 fully saturated rings. The van der Waals surface area contributed by atoms with E-state index in [2.05, 4.69) is 6.07 Å². The molecule has 0 N–H and O–H groups in total. The summed E-state index contributed by atoms with van der Waals surface area (Å²) in [5.74, 6) is -0.423. The molecule has 2 aromatic carbocycles. The Labute approximate surface area is 135 Å². The lowest BCUT2D eigenvalue weighted by Gasteiger charge is -2.29. The average molecular weight is 331 g/mol. The lowest BCUT2D eigenvalue weighted by Crippen LogP contribution is -2.36. The predicted molar refractivity (Wildman–Crippen MR) is 86.0 cm³/mol. The fraction of sp³-hybridized carbons (Fsp3) is 0.333. The van der Waals surface area contributed by atoms with Crippen LogP contribution in [0.25, 0.3) is 0 Å². The zero-order valence-corrected chi connectivity index (χ0v) is 13.5. The third kappa shape index (κ3) is 2.58. The maximum atomic E-state index is 13.1. The summed E-state index contributed by atoms with van der Waals surface area (Å²) >= 11 is 0. The number of hydrogen-bond donors (Lipinski definition) is 0. The van der Waals surface area contributed by atoms with E-state index >= 15 is 0 Å². The number of halogens is 1. The van der Waals surface area contributed by atoms with Crippen molar-refractivity contribution in [1.82, 2.24) is 4.31 Å². The van der Waals surface area contributed by atoms with Gasteiger partial charge in [-0.2, -0.15) is 4.31 Å². The van der Waals surface area contributed by atoms with Gasteiger partial charge in [-0.3, -0.25) is 0 Å². The zero-order valence-electron chi connectivity index (χ0n) is 12.7. The van der Waals surface area contributed by atoms with Crippen LogP contribution in [-0.4, -0.2) is 18.8 Å². The van der Waals surface area contributed by atoms with E-state index in [1.54, 1.807) is 4.31 Å². The van der Waals surface area contributed by atoms with Gasteiger partial charge in [-0.15, -0.1) is 0 Å². The average Bonchev–Trinajstić information content (AvgIpc) is 3.28. The Bertz CT molecular complexity index is 828. The summed E-state index contributed by atoms with van der Waals surface area (Å²) in [6.45, 7) is 0. The summed E-state index contributed by atoms with van der Waals surface area (Å²) in [6, 6.07) is 13.2. The Morgan fingerprint density at radius 2 is 1.65 bits per heavy atom. The van der Waals surface area contributed by atoms with Crippen molar-refractivity contribution < 1.29 is 12.8 Å². The van der Waals surface area contributed by atoms with E-state index in [0.29, 0.717) is 0 Å². The van der Waals surface area contributed by atoms with Crippen LogP contribution in [0.5, 0.6) is 0 Å². The molecule has 2 aliphatic carbocycles. The van der Waals surface area contributed by atoms with E-state index in [4.69, 9.17) is 0 Å². The Kier molecular flexibility index (Phi) is 3.50. The number of sulfonamides is 1. The SMILES string of the molecule is O=S(=O)(c1ccc(F)cc1)N(C1CC1)C1CCc2ccccc21. The number of fused-ring (bicyclic) bond motifs is 1. The van der Waals surface area contributed by atoms with Crippen LogP contribution in [-0.2, 0) is 16.4 Å². The zero-order chi connectivity index (χ0) is 16.0. The fourth-order valence-corrected chi connectivity index (χ4v) is 5.36. The molecule has 0 bridgehead atoms. The minimum atomic E-state index is -3.61. The van der Waals surface area contributed by atoms with Crippen molar-refractivity contribution >= 4 is 10.0 Å². The van der Waals surface area contributed by atoms with Crippen molar-refractivity contribution in [2.24, 2.45) is 0 Å². The molecule has 0 saturated heterocycles. The summed E-state index contributed by atoms with van der Waals surface area (Å²) in [6.07, 6.45) is 3.53. The summed E-state index contributed by atoms with van der Waals surface area (Å²) in [7, 11) is -3.61. The van der Waals surface area contributed by atoms with Gasteiger partial charge in [0.15, 0.2) is 0 Å².